The number of carbonyl (C=O) groups excluding carboxylic acids is 1. The summed E-state index contributed by atoms with van der Waals surface area (Å²) in [6.45, 7) is 7.48. The maximum atomic E-state index is 11.6. The van der Waals surface area contributed by atoms with Crippen LogP contribution in [0.4, 0.5) is 5.69 Å². The Labute approximate surface area is 114 Å². The second-order valence-corrected chi connectivity index (χ2v) is 5.92. The monoisotopic (exact) mass is 268 g/mol. The molecule has 0 aromatic heterocycles. The van der Waals surface area contributed by atoms with Gasteiger partial charge in [-0.05, 0) is 30.0 Å². The minimum Gasteiger partial charge on any atom is -0.385 e. The molecule has 2 N–H and O–H groups in total. The van der Waals surface area contributed by atoms with Crippen molar-refractivity contribution in [3.05, 3.63) is 28.8 Å². The van der Waals surface area contributed by atoms with Crippen LogP contribution in [0.5, 0.6) is 0 Å². The van der Waals surface area contributed by atoms with Crippen LogP contribution in [0.25, 0.3) is 0 Å². The standard InChI is InChI=1S/C14H21ClN2O/c1-14(2,3)7-8-17-10-5-6-12(15)11(9-10)13(18)16-4/h5-6,9,17H,7-8H2,1-4H3,(H,16,18). The molecule has 0 spiro atoms. The molecule has 0 aliphatic rings. The maximum Gasteiger partial charge on any atom is 0.252 e. The molecule has 1 rings (SSSR count). The van der Waals surface area contributed by atoms with E-state index in [0.717, 1.165) is 18.7 Å². The molecule has 0 radical (unpaired) electrons. The molecule has 0 aliphatic heterocycles. The molecular weight excluding hydrogens is 248 g/mol. The SMILES string of the molecule is CNC(=O)c1cc(NCCC(C)(C)C)ccc1Cl. The van der Waals surface area contributed by atoms with Crippen LogP contribution in [0.3, 0.4) is 0 Å². The molecule has 100 valence electrons. The predicted molar refractivity (Wildman–Crippen MR) is 77.4 cm³/mol. The van der Waals surface area contributed by atoms with Gasteiger partial charge >= 0.3 is 0 Å². The van der Waals surface area contributed by atoms with Crippen LogP contribution in [-0.4, -0.2) is 19.5 Å². The van der Waals surface area contributed by atoms with E-state index in [9.17, 15) is 4.79 Å². The summed E-state index contributed by atoms with van der Waals surface area (Å²) in [6.07, 6.45) is 1.06. The van der Waals surface area contributed by atoms with Gasteiger partial charge in [-0.15, -0.1) is 0 Å². The van der Waals surface area contributed by atoms with Crippen LogP contribution in [0, 0.1) is 5.41 Å². The number of benzene rings is 1. The molecule has 1 aromatic rings. The van der Waals surface area contributed by atoms with Gasteiger partial charge in [0.05, 0.1) is 10.6 Å². The molecule has 0 bridgehead atoms. The van der Waals surface area contributed by atoms with Gasteiger partial charge in [0, 0.05) is 19.3 Å². The van der Waals surface area contributed by atoms with Crippen molar-refractivity contribution in [3.63, 3.8) is 0 Å². The zero-order chi connectivity index (χ0) is 13.8. The van der Waals surface area contributed by atoms with Crippen molar-refractivity contribution < 1.29 is 4.79 Å². The predicted octanol–water partition coefficient (Wildman–Crippen LogP) is 3.55. The number of carbonyl (C=O) groups is 1. The quantitative estimate of drug-likeness (QED) is 0.877. The van der Waals surface area contributed by atoms with Crippen LogP contribution < -0.4 is 10.6 Å². The first-order valence-corrected chi connectivity index (χ1v) is 6.47. The van der Waals surface area contributed by atoms with Crippen LogP contribution in [-0.2, 0) is 0 Å². The Hall–Kier alpha value is -1.22. The highest BCUT2D eigenvalue weighted by atomic mass is 35.5. The van der Waals surface area contributed by atoms with Gasteiger partial charge in [-0.25, -0.2) is 0 Å². The van der Waals surface area contributed by atoms with E-state index in [1.807, 2.05) is 6.07 Å². The summed E-state index contributed by atoms with van der Waals surface area (Å²) >= 11 is 5.99. The van der Waals surface area contributed by atoms with Gasteiger partial charge in [0.2, 0.25) is 0 Å². The van der Waals surface area contributed by atoms with Crippen molar-refractivity contribution in [2.45, 2.75) is 27.2 Å². The highest BCUT2D eigenvalue weighted by Gasteiger charge is 2.11. The molecule has 18 heavy (non-hydrogen) atoms. The van der Waals surface area contributed by atoms with E-state index in [0.29, 0.717) is 16.0 Å². The van der Waals surface area contributed by atoms with E-state index in [1.165, 1.54) is 0 Å². The lowest BCUT2D eigenvalue weighted by molar-refractivity contribution is 0.0963. The van der Waals surface area contributed by atoms with E-state index in [-0.39, 0.29) is 5.91 Å². The molecule has 3 nitrogen and oxygen atoms in total. The summed E-state index contributed by atoms with van der Waals surface area (Å²) < 4.78 is 0. The molecular formula is C14H21ClN2O. The van der Waals surface area contributed by atoms with Gasteiger partial charge in [0.25, 0.3) is 5.91 Å². The lowest BCUT2D eigenvalue weighted by Crippen LogP contribution is -2.18. The minimum atomic E-state index is -0.167. The first kappa shape index (κ1) is 14.8. The average Bonchev–Trinajstić information content (AvgIpc) is 2.28. The van der Waals surface area contributed by atoms with Crippen LogP contribution in [0.1, 0.15) is 37.6 Å². The third-order valence-electron chi connectivity index (χ3n) is 2.64. The number of anilines is 1. The first-order chi connectivity index (χ1) is 8.33. The fourth-order valence-corrected chi connectivity index (χ4v) is 1.73. The summed E-state index contributed by atoms with van der Waals surface area (Å²) in [5.41, 5.74) is 1.71. The Morgan fingerprint density at radius 2 is 2.00 bits per heavy atom. The lowest BCUT2D eigenvalue weighted by atomic mass is 9.92. The lowest BCUT2D eigenvalue weighted by Gasteiger charge is -2.18. The topological polar surface area (TPSA) is 41.1 Å². The smallest absolute Gasteiger partial charge is 0.252 e. The van der Waals surface area contributed by atoms with Gasteiger partial charge in [-0.1, -0.05) is 32.4 Å². The van der Waals surface area contributed by atoms with Gasteiger partial charge in [-0.3, -0.25) is 4.79 Å². The highest BCUT2D eigenvalue weighted by molar-refractivity contribution is 6.34. The van der Waals surface area contributed by atoms with Gasteiger partial charge in [-0.2, -0.15) is 0 Å². The second kappa shape index (κ2) is 6.10. The van der Waals surface area contributed by atoms with Crippen molar-refractivity contribution in [1.82, 2.24) is 5.32 Å². The third-order valence-corrected chi connectivity index (χ3v) is 2.97. The van der Waals surface area contributed by atoms with Crippen LogP contribution >= 0.6 is 11.6 Å². The fraction of sp³-hybridized carbons (Fsp3) is 0.500. The summed E-state index contributed by atoms with van der Waals surface area (Å²) in [4.78, 5) is 11.6. The molecule has 1 aromatic carbocycles. The molecule has 0 saturated heterocycles. The summed E-state index contributed by atoms with van der Waals surface area (Å²) in [5, 5.41) is 6.36. The third kappa shape index (κ3) is 4.57. The zero-order valence-corrected chi connectivity index (χ0v) is 12.2. The van der Waals surface area contributed by atoms with Crippen molar-refractivity contribution in [2.24, 2.45) is 5.41 Å². The summed E-state index contributed by atoms with van der Waals surface area (Å²) in [6, 6.07) is 5.41. The Bertz CT molecular complexity index is 424. The van der Waals surface area contributed by atoms with Crippen molar-refractivity contribution in [1.29, 1.82) is 0 Å². The Balaban J connectivity index is 2.71. The molecule has 0 fully saturated rings. The Morgan fingerprint density at radius 3 is 2.56 bits per heavy atom. The summed E-state index contributed by atoms with van der Waals surface area (Å²) in [7, 11) is 1.60. The Morgan fingerprint density at radius 1 is 1.33 bits per heavy atom. The first-order valence-electron chi connectivity index (χ1n) is 6.09. The average molecular weight is 269 g/mol. The number of rotatable bonds is 4. The summed E-state index contributed by atoms with van der Waals surface area (Å²) in [5.74, 6) is -0.167. The fourth-order valence-electron chi connectivity index (χ4n) is 1.53. The van der Waals surface area contributed by atoms with Crippen LogP contribution in [0.2, 0.25) is 5.02 Å². The number of nitrogens with one attached hydrogen (secondary N) is 2. The van der Waals surface area contributed by atoms with E-state index >= 15 is 0 Å². The number of hydrogen-bond donors (Lipinski definition) is 2. The largest absolute Gasteiger partial charge is 0.385 e. The highest BCUT2D eigenvalue weighted by Crippen LogP contribution is 2.22. The molecule has 1 amide bonds. The van der Waals surface area contributed by atoms with E-state index in [1.54, 1.807) is 19.2 Å². The molecule has 0 atom stereocenters. The number of halogens is 1. The van der Waals surface area contributed by atoms with Gasteiger partial charge < -0.3 is 10.6 Å². The van der Waals surface area contributed by atoms with Gasteiger partial charge in [0.15, 0.2) is 0 Å². The van der Waals surface area contributed by atoms with E-state index < -0.39 is 0 Å². The second-order valence-electron chi connectivity index (χ2n) is 5.51. The molecule has 4 heteroatoms. The van der Waals surface area contributed by atoms with Crippen molar-refractivity contribution in [3.8, 4) is 0 Å². The van der Waals surface area contributed by atoms with E-state index in [2.05, 4.69) is 31.4 Å². The Kier molecular flexibility index (Phi) is 5.03. The van der Waals surface area contributed by atoms with E-state index in [4.69, 9.17) is 11.6 Å². The molecule has 0 saturated carbocycles. The normalized spacial score (nSPS) is 11.2. The number of hydrogen-bond acceptors (Lipinski definition) is 2. The minimum absolute atomic E-state index is 0.167. The zero-order valence-electron chi connectivity index (χ0n) is 11.4. The number of amides is 1. The van der Waals surface area contributed by atoms with Crippen LogP contribution in [0.15, 0.2) is 18.2 Å². The molecule has 0 unspecified atom stereocenters. The maximum absolute atomic E-state index is 11.6. The van der Waals surface area contributed by atoms with Gasteiger partial charge in [0.1, 0.15) is 0 Å². The molecule has 0 heterocycles. The van der Waals surface area contributed by atoms with Crippen molar-refractivity contribution >= 4 is 23.2 Å². The molecule has 0 aliphatic carbocycles. The van der Waals surface area contributed by atoms with Crippen molar-refractivity contribution in [2.75, 3.05) is 18.9 Å².